The van der Waals surface area contributed by atoms with Crippen molar-refractivity contribution in [2.24, 2.45) is 11.3 Å². The van der Waals surface area contributed by atoms with E-state index in [1.165, 1.54) is 5.56 Å². The van der Waals surface area contributed by atoms with Gasteiger partial charge in [0.25, 0.3) is 0 Å². The highest BCUT2D eigenvalue weighted by molar-refractivity contribution is 5.54. The lowest BCUT2D eigenvalue weighted by Gasteiger charge is -2.30. The summed E-state index contributed by atoms with van der Waals surface area (Å²) in [6.07, 6.45) is 3.07. The van der Waals surface area contributed by atoms with Gasteiger partial charge in [-0.15, -0.1) is 0 Å². The second kappa shape index (κ2) is 3.76. The van der Waals surface area contributed by atoms with Crippen LogP contribution in [-0.4, -0.2) is 4.98 Å². The van der Waals surface area contributed by atoms with Gasteiger partial charge in [-0.3, -0.25) is 0 Å². The van der Waals surface area contributed by atoms with Crippen LogP contribution < -0.4 is 11.3 Å². The number of nitrogens with one attached hydrogen (secondary N) is 1. The molecule has 0 bridgehead atoms. The number of aromatic nitrogens is 1. The predicted octanol–water partition coefficient (Wildman–Crippen LogP) is 1.75. The Balaban J connectivity index is 2.47. The molecule has 0 amide bonds. The summed E-state index contributed by atoms with van der Waals surface area (Å²) in [4.78, 5) is 4.41. The monoisotopic (exact) mass is 216 g/mol. The molecular formula is C12H16N4. The van der Waals surface area contributed by atoms with Gasteiger partial charge in [0.1, 0.15) is 6.07 Å². The molecule has 0 aliphatic heterocycles. The van der Waals surface area contributed by atoms with Crippen LogP contribution in [0.3, 0.4) is 0 Å². The minimum Gasteiger partial charge on any atom is -0.307 e. The average Bonchev–Trinajstić information content (AvgIpc) is 2.26. The third kappa shape index (κ3) is 1.86. The minimum absolute atomic E-state index is 0.305. The SMILES string of the molecule is CC1(C)CCc2nc(NN)c(C#N)cc2C1. The maximum Gasteiger partial charge on any atom is 0.158 e. The maximum atomic E-state index is 9.00. The first-order valence-electron chi connectivity index (χ1n) is 5.45. The molecule has 4 nitrogen and oxygen atoms in total. The van der Waals surface area contributed by atoms with Crippen molar-refractivity contribution in [3.05, 3.63) is 22.9 Å². The van der Waals surface area contributed by atoms with E-state index in [0.29, 0.717) is 16.8 Å². The quantitative estimate of drug-likeness (QED) is 0.554. The Morgan fingerprint density at radius 2 is 2.31 bits per heavy atom. The summed E-state index contributed by atoms with van der Waals surface area (Å²) < 4.78 is 0. The molecule has 1 aromatic rings. The van der Waals surface area contributed by atoms with Crippen molar-refractivity contribution in [1.29, 1.82) is 5.26 Å². The van der Waals surface area contributed by atoms with Gasteiger partial charge in [0.15, 0.2) is 5.82 Å². The van der Waals surface area contributed by atoms with Gasteiger partial charge < -0.3 is 5.43 Å². The first-order chi connectivity index (χ1) is 7.55. The van der Waals surface area contributed by atoms with Crippen molar-refractivity contribution >= 4 is 5.82 Å². The highest BCUT2D eigenvalue weighted by atomic mass is 15.2. The highest BCUT2D eigenvalue weighted by Gasteiger charge is 2.26. The van der Waals surface area contributed by atoms with Crippen molar-refractivity contribution in [3.63, 3.8) is 0 Å². The molecule has 1 aliphatic carbocycles. The summed E-state index contributed by atoms with van der Waals surface area (Å²) >= 11 is 0. The lowest BCUT2D eigenvalue weighted by atomic mass is 9.76. The number of hydrazine groups is 1. The van der Waals surface area contributed by atoms with Gasteiger partial charge in [0, 0.05) is 5.69 Å². The number of aryl methyl sites for hydroxylation is 1. The summed E-state index contributed by atoms with van der Waals surface area (Å²) in [6.45, 7) is 4.49. The van der Waals surface area contributed by atoms with Crippen molar-refractivity contribution in [3.8, 4) is 6.07 Å². The molecule has 4 heteroatoms. The number of anilines is 1. The first-order valence-corrected chi connectivity index (χ1v) is 5.45. The van der Waals surface area contributed by atoms with Crippen LogP contribution in [0.15, 0.2) is 6.07 Å². The number of hydrogen-bond donors (Lipinski definition) is 2. The molecule has 0 fully saturated rings. The predicted molar refractivity (Wildman–Crippen MR) is 62.6 cm³/mol. The fourth-order valence-electron chi connectivity index (χ4n) is 2.22. The Kier molecular flexibility index (Phi) is 2.56. The Bertz CT molecular complexity index is 457. The lowest BCUT2D eigenvalue weighted by Crippen LogP contribution is -2.24. The van der Waals surface area contributed by atoms with Gasteiger partial charge in [0.2, 0.25) is 0 Å². The van der Waals surface area contributed by atoms with E-state index in [9.17, 15) is 0 Å². The van der Waals surface area contributed by atoms with E-state index in [-0.39, 0.29) is 0 Å². The Labute approximate surface area is 95.5 Å². The number of nitrogens with two attached hydrogens (primary N) is 1. The zero-order valence-electron chi connectivity index (χ0n) is 9.67. The second-order valence-electron chi connectivity index (χ2n) is 5.09. The summed E-state index contributed by atoms with van der Waals surface area (Å²) in [5.41, 5.74) is 5.58. The van der Waals surface area contributed by atoms with Gasteiger partial charge in [-0.05, 0) is 36.3 Å². The van der Waals surface area contributed by atoms with Gasteiger partial charge in [-0.25, -0.2) is 10.8 Å². The molecule has 0 atom stereocenters. The molecule has 0 saturated carbocycles. The van der Waals surface area contributed by atoms with Crippen molar-refractivity contribution in [2.75, 3.05) is 5.43 Å². The minimum atomic E-state index is 0.305. The normalized spacial score (nSPS) is 17.4. The van der Waals surface area contributed by atoms with Crippen LogP contribution >= 0.6 is 0 Å². The fourth-order valence-corrected chi connectivity index (χ4v) is 2.22. The zero-order valence-corrected chi connectivity index (χ0v) is 9.67. The van der Waals surface area contributed by atoms with Crippen LogP contribution in [0.4, 0.5) is 5.82 Å². The number of nitrogens with zero attached hydrogens (tertiary/aromatic N) is 2. The zero-order chi connectivity index (χ0) is 11.8. The third-order valence-corrected chi connectivity index (χ3v) is 3.16. The van der Waals surface area contributed by atoms with Crippen LogP contribution in [0, 0.1) is 16.7 Å². The second-order valence-corrected chi connectivity index (χ2v) is 5.09. The van der Waals surface area contributed by atoms with Gasteiger partial charge in [0.05, 0.1) is 5.56 Å². The van der Waals surface area contributed by atoms with Crippen LogP contribution in [-0.2, 0) is 12.8 Å². The van der Waals surface area contributed by atoms with Gasteiger partial charge in [-0.2, -0.15) is 5.26 Å². The van der Waals surface area contributed by atoms with Crippen molar-refractivity contribution < 1.29 is 0 Å². The van der Waals surface area contributed by atoms with Crippen LogP contribution in [0.5, 0.6) is 0 Å². The summed E-state index contributed by atoms with van der Waals surface area (Å²) in [5, 5.41) is 9.00. The highest BCUT2D eigenvalue weighted by Crippen LogP contribution is 2.35. The number of rotatable bonds is 1. The number of pyridine rings is 1. The molecule has 0 spiro atoms. The Morgan fingerprint density at radius 1 is 1.56 bits per heavy atom. The summed E-state index contributed by atoms with van der Waals surface area (Å²) in [5.74, 6) is 5.84. The molecule has 0 saturated heterocycles. The van der Waals surface area contributed by atoms with Crippen LogP contribution in [0.25, 0.3) is 0 Å². The van der Waals surface area contributed by atoms with Crippen molar-refractivity contribution in [2.45, 2.75) is 33.1 Å². The molecule has 84 valence electrons. The Morgan fingerprint density at radius 3 is 2.94 bits per heavy atom. The number of fused-ring (bicyclic) bond motifs is 1. The molecule has 1 aromatic heterocycles. The topological polar surface area (TPSA) is 74.7 Å². The maximum absolute atomic E-state index is 9.00. The number of nitriles is 1. The van der Waals surface area contributed by atoms with Gasteiger partial charge in [-0.1, -0.05) is 13.8 Å². The van der Waals surface area contributed by atoms with E-state index in [0.717, 1.165) is 25.0 Å². The third-order valence-electron chi connectivity index (χ3n) is 3.16. The lowest BCUT2D eigenvalue weighted by molar-refractivity contribution is 0.312. The van der Waals surface area contributed by atoms with E-state index in [1.807, 2.05) is 6.07 Å². The average molecular weight is 216 g/mol. The first kappa shape index (κ1) is 10.9. The molecule has 0 unspecified atom stereocenters. The van der Waals surface area contributed by atoms with E-state index in [2.05, 4.69) is 30.3 Å². The molecule has 3 N–H and O–H groups in total. The van der Waals surface area contributed by atoms with E-state index in [1.54, 1.807) is 0 Å². The molecule has 1 heterocycles. The summed E-state index contributed by atoms with van der Waals surface area (Å²) in [6, 6.07) is 4.03. The van der Waals surface area contributed by atoms with E-state index >= 15 is 0 Å². The van der Waals surface area contributed by atoms with E-state index < -0.39 is 0 Å². The van der Waals surface area contributed by atoms with E-state index in [4.69, 9.17) is 11.1 Å². The fraction of sp³-hybridized carbons (Fsp3) is 0.500. The molecule has 1 aliphatic rings. The van der Waals surface area contributed by atoms with Crippen LogP contribution in [0.2, 0.25) is 0 Å². The summed E-state index contributed by atoms with van der Waals surface area (Å²) in [7, 11) is 0. The van der Waals surface area contributed by atoms with Crippen molar-refractivity contribution in [1.82, 2.24) is 4.98 Å². The van der Waals surface area contributed by atoms with Crippen LogP contribution in [0.1, 0.15) is 37.1 Å². The Hall–Kier alpha value is -1.60. The molecule has 16 heavy (non-hydrogen) atoms. The number of nitrogen functional groups attached to an aromatic ring is 1. The smallest absolute Gasteiger partial charge is 0.158 e. The largest absolute Gasteiger partial charge is 0.307 e. The molecule has 0 radical (unpaired) electrons. The molecular weight excluding hydrogens is 200 g/mol. The standard InChI is InChI=1S/C12H16N4/c1-12(2)4-3-10-8(6-12)5-9(7-13)11(15-10)16-14/h5H,3-4,6,14H2,1-2H3,(H,15,16). The van der Waals surface area contributed by atoms with Gasteiger partial charge >= 0.3 is 0 Å². The molecule has 2 rings (SSSR count). The number of hydrogen-bond acceptors (Lipinski definition) is 4. The molecule has 0 aromatic carbocycles.